The number of rotatable bonds is 4. The van der Waals surface area contributed by atoms with Crippen molar-refractivity contribution in [2.75, 3.05) is 40.3 Å². The number of hydrogen-bond acceptors (Lipinski definition) is 4. The molecule has 19 heavy (non-hydrogen) atoms. The molecule has 1 unspecified atom stereocenters. The lowest BCUT2D eigenvalue weighted by molar-refractivity contribution is -0.119. The molecule has 0 aromatic heterocycles. The predicted molar refractivity (Wildman–Crippen MR) is 74.0 cm³/mol. The highest BCUT2D eigenvalue weighted by Gasteiger charge is 2.26. The largest absolute Gasteiger partial charge is 0.497 e. The van der Waals surface area contributed by atoms with Crippen molar-refractivity contribution in [2.24, 2.45) is 5.73 Å². The molecule has 2 N–H and O–H groups in total. The van der Waals surface area contributed by atoms with E-state index in [-0.39, 0.29) is 5.91 Å². The molecule has 0 saturated carbocycles. The van der Waals surface area contributed by atoms with Crippen LogP contribution in [-0.4, -0.2) is 56.0 Å². The third-order valence-electron chi connectivity index (χ3n) is 3.61. The van der Waals surface area contributed by atoms with Gasteiger partial charge in [-0.1, -0.05) is 12.1 Å². The summed E-state index contributed by atoms with van der Waals surface area (Å²) in [5, 5.41) is 0. The van der Waals surface area contributed by atoms with Crippen LogP contribution in [0, 0.1) is 0 Å². The normalized spacial score (nSPS) is 21.3. The Morgan fingerprint density at radius 1 is 1.37 bits per heavy atom. The molecule has 0 spiro atoms. The predicted octanol–water partition coefficient (Wildman–Crippen LogP) is 0.469. The number of likely N-dealkylation sites (N-methyl/N-ethyl adjacent to an activating group) is 1. The number of carbonyl (C=O) groups is 1. The first-order chi connectivity index (χ1) is 9.10. The van der Waals surface area contributed by atoms with Gasteiger partial charge in [-0.15, -0.1) is 0 Å². The summed E-state index contributed by atoms with van der Waals surface area (Å²) < 4.78 is 5.17. The molecule has 1 fully saturated rings. The van der Waals surface area contributed by atoms with Crippen molar-refractivity contribution in [1.29, 1.82) is 0 Å². The van der Waals surface area contributed by atoms with Gasteiger partial charge in [-0.3, -0.25) is 14.6 Å². The summed E-state index contributed by atoms with van der Waals surface area (Å²) in [5.41, 5.74) is 6.50. The topological polar surface area (TPSA) is 58.8 Å². The van der Waals surface area contributed by atoms with Gasteiger partial charge in [0.1, 0.15) is 5.75 Å². The van der Waals surface area contributed by atoms with Crippen LogP contribution in [0.25, 0.3) is 0 Å². The van der Waals surface area contributed by atoms with E-state index in [1.165, 1.54) is 5.56 Å². The quantitative estimate of drug-likeness (QED) is 0.858. The van der Waals surface area contributed by atoms with Crippen molar-refractivity contribution in [2.45, 2.75) is 6.04 Å². The van der Waals surface area contributed by atoms with Crippen molar-refractivity contribution >= 4 is 5.91 Å². The summed E-state index contributed by atoms with van der Waals surface area (Å²) in [4.78, 5) is 15.4. The van der Waals surface area contributed by atoms with Gasteiger partial charge >= 0.3 is 0 Å². The second-order valence-corrected chi connectivity index (χ2v) is 4.97. The maximum atomic E-state index is 11.0. The van der Waals surface area contributed by atoms with Gasteiger partial charge in [0.15, 0.2) is 0 Å². The summed E-state index contributed by atoms with van der Waals surface area (Å²) in [6.45, 7) is 2.97. The molecule has 1 aliphatic heterocycles. The fraction of sp³-hybridized carbons (Fsp3) is 0.500. The zero-order chi connectivity index (χ0) is 13.8. The Morgan fingerprint density at radius 2 is 2.05 bits per heavy atom. The van der Waals surface area contributed by atoms with Crippen molar-refractivity contribution in [3.8, 4) is 5.75 Å². The summed E-state index contributed by atoms with van der Waals surface area (Å²) in [7, 11) is 3.77. The van der Waals surface area contributed by atoms with Crippen LogP contribution in [0.1, 0.15) is 11.6 Å². The molecule has 1 heterocycles. The molecular weight excluding hydrogens is 242 g/mol. The van der Waals surface area contributed by atoms with Crippen LogP contribution < -0.4 is 10.5 Å². The van der Waals surface area contributed by atoms with Crippen LogP contribution >= 0.6 is 0 Å². The second-order valence-electron chi connectivity index (χ2n) is 4.97. The monoisotopic (exact) mass is 263 g/mol. The van der Waals surface area contributed by atoms with E-state index < -0.39 is 0 Å². The smallest absolute Gasteiger partial charge is 0.231 e. The summed E-state index contributed by atoms with van der Waals surface area (Å²) in [6, 6.07) is 8.38. The molecule has 0 bridgehead atoms. The highest BCUT2D eigenvalue weighted by molar-refractivity contribution is 5.75. The molecule has 1 atom stereocenters. The number of nitrogens with zero attached hydrogens (tertiary/aromatic N) is 2. The van der Waals surface area contributed by atoms with Crippen LogP contribution in [0.5, 0.6) is 5.75 Å². The van der Waals surface area contributed by atoms with Gasteiger partial charge in [0.2, 0.25) is 5.91 Å². The minimum Gasteiger partial charge on any atom is -0.497 e. The number of primary amides is 1. The van der Waals surface area contributed by atoms with E-state index in [9.17, 15) is 4.79 Å². The fourth-order valence-electron chi connectivity index (χ4n) is 2.48. The van der Waals surface area contributed by atoms with E-state index in [0.29, 0.717) is 12.6 Å². The molecule has 0 aliphatic carbocycles. The zero-order valence-electron chi connectivity index (χ0n) is 11.5. The van der Waals surface area contributed by atoms with Crippen LogP contribution in [0.4, 0.5) is 0 Å². The molecule has 5 heteroatoms. The number of carbonyl (C=O) groups excluding carboxylic acids is 1. The van der Waals surface area contributed by atoms with Gasteiger partial charge in [0.05, 0.1) is 13.7 Å². The molecule has 1 aromatic carbocycles. The molecule has 5 nitrogen and oxygen atoms in total. The average molecular weight is 263 g/mol. The Morgan fingerprint density at radius 3 is 2.63 bits per heavy atom. The molecule has 1 aliphatic rings. The van der Waals surface area contributed by atoms with Crippen LogP contribution in [0.2, 0.25) is 0 Å². The Kier molecular flexibility index (Phi) is 4.39. The van der Waals surface area contributed by atoms with E-state index >= 15 is 0 Å². The van der Waals surface area contributed by atoms with Crippen molar-refractivity contribution in [1.82, 2.24) is 9.80 Å². The number of piperazine rings is 1. The fourth-order valence-corrected chi connectivity index (χ4v) is 2.48. The summed E-state index contributed by atoms with van der Waals surface area (Å²) in [5.74, 6) is 0.592. The number of hydrogen-bond donors (Lipinski definition) is 1. The van der Waals surface area contributed by atoms with Crippen molar-refractivity contribution < 1.29 is 9.53 Å². The van der Waals surface area contributed by atoms with E-state index in [0.717, 1.165) is 25.4 Å². The highest BCUT2D eigenvalue weighted by atomic mass is 16.5. The minimum absolute atomic E-state index is 0.266. The molecule has 104 valence electrons. The zero-order valence-corrected chi connectivity index (χ0v) is 11.5. The Balaban J connectivity index is 2.09. The third-order valence-corrected chi connectivity index (χ3v) is 3.61. The first kappa shape index (κ1) is 13.8. The number of ether oxygens (including phenoxy) is 1. The van der Waals surface area contributed by atoms with E-state index in [1.807, 2.05) is 12.1 Å². The number of methoxy groups -OCH3 is 1. The van der Waals surface area contributed by atoms with Gasteiger partial charge in [-0.25, -0.2) is 0 Å². The van der Waals surface area contributed by atoms with E-state index in [4.69, 9.17) is 10.5 Å². The first-order valence-corrected chi connectivity index (χ1v) is 6.45. The standard InChI is InChI=1S/C14H21N3O2/c1-16-7-8-17(10-14(15)18)9-13(16)11-3-5-12(19-2)6-4-11/h3-6,13H,7-10H2,1-2H3,(H2,15,18). The van der Waals surface area contributed by atoms with Gasteiger partial charge in [-0.2, -0.15) is 0 Å². The molecule has 1 saturated heterocycles. The SMILES string of the molecule is COc1ccc(C2CN(CC(N)=O)CCN2C)cc1. The van der Waals surface area contributed by atoms with Gasteiger partial charge < -0.3 is 10.5 Å². The van der Waals surface area contributed by atoms with Crippen LogP contribution in [0.15, 0.2) is 24.3 Å². The number of benzene rings is 1. The average Bonchev–Trinajstić information content (AvgIpc) is 2.40. The number of amides is 1. The molecule has 1 aromatic rings. The van der Waals surface area contributed by atoms with Crippen LogP contribution in [0.3, 0.4) is 0 Å². The van der Waals surface area contributed by atoms with Crippen molar-refractivity contribution in [3.05, 3.63) is 29.8 Å². The third kappa shape index (κ3) is 3.45. The lowest BCUT2D eigenvalue weighted by atomic mass is 10.0. The van der Waals surface area contributed by atoms with Gasteiger partial charge in [0, 0.05) is 25.7 Å². The maximum Gasteiger partial charge on any atom is 0.231 e. The first-order valence-electron chi connectivity index (χ1n) is 6.45. The summed E-state index contributed by atoms with van der Waals surface area (Å²) in [6.07, 6.45) is 0. The van der Waals surface area contributed by atoms with Gasteiger partial charge in [-0.05, 0) is 24.7 Å². The lowest BCUT2D eigenvalue weighted by Crippen LogP contribution is -2.49. The second kappa shape index (κ2) is 6.04. The number of nitrogens with two attached hydrogens (primary N) is 1. The lowest BCUT2D eigenvalue weighted by Gasteiger charge is -2.39. The minimum atomic E-state index is -0.266. The Labute approximate surface area is 113 Å². The molecular formula is C14H21N3O2. The van der Waals surface area contributed by atoms with E-state index in [2.05, 4.69) is 29.0 Å². The highest BCUT2D eigenvalue weighted by Crippen LogP contribution is 2.25. The Hall–Kier alpha value is -1.59. The van der Waals surface area contributed by atoms with E-state index in [1.54, 1.807) is 7.11 Å². The molecule has 0 radical (unpaired) electrons. The van der Waals surface area contributed by atoms with Crippen molar-refractivity contribution in [3.63, 3.8) is 0 Å². The van der Waals surface area contributed by atoms with Crippen LogP contribution in [-0.2, 0) is 4.79 Å². The maximum absolute atomic E-state index is 11.0. The molecule has 1 amide bonds. The summed E-state index contributed by atoms with van der Waals surface area (Å²) >= 11 is 0. The van der Waals surface area contributed by atoms with Gasteiger partial charge in [0.25, 0.3) is 0 Å². The Bertz CT molecular complexity index is 433. The molecule has 2 rings (SSSR count).